The lowest BCUT2D eigenvalue weighted by atomic mass is 9.53. The first-order chi connectivity index (χ1) is 13.6. The van der Waals surface area contributed by atoms with Crippen molar-refractivity contribution in [2.75, 3.05) is 6.54 Å². The third-order valence-electron chi connectivity index (χ3n) is 6.75. The van der Waals surface area contributed by atoms with Gasteiger partial charge in [0.05, 0.1) is 0 Å². The summed E-state index contributed by atoms with van der Waals surface area (Å²) >= 11 is 0. The van der Waals surface area contributed by atoms with Crippen LogP contribution in [0.2, 0.25) is 0 Å². The predicted molar refractivity (Wildman–Crippen MR) is 111 cm³/mol. The maximum absolute atomic E-state index is 13.8. The highest BCUT2D eigenvalue weighted by Gasteiger charge is 2.51. The Morgan fingerprint density at radius 1 is 1.00 bits per heavy atom. The highest BCUT2D eigenvalue weighted by atomic mass is 19.1. The number of unbranched alkanes of at least 4 members (excludes halogenated alkanes) is 3. The zero-order valence-corrected chi connectivity index (χ0v) is 18.4. The normalized spacial score (nSPS) is 31.4. The van der Waals surface area contributed by atoms with Gasteiger partial charge in [0.2, 0.25) is 0 Å². The van der Waals surface area contributed by atoms with Crippen molar-refractivity contribution in [3.05, 3.63) is 0 Å². The predicted octanol–water partition coefficient (Wildman–Crippen LogP) is 4.88. The van der Waals surface area contributed by atoms with E-state index >= 15 is 0 Å². The Bertz CT molecular complexity index is 552. The van der Waals surface area contributed by atoms with Gasteiger partial charge in [-0.05, 0) is 96.3 Å². The summed E-state index contributed by atoms with van der Waals surface area (Å²) in [4.78, 5) is 24.0. The van der Waals surface area contributed by atoms with Crippen LogP contribution in [0.25, 0.3) is 0 Å². The van der Waals surface area contributed by atoms with E-state index in [0.717, 1.165) is 56.3 Å². The van der Waals surface area contributed by atoms with Gasteiger partial charge in [0.15, 0.2) is 6.17 Å². The van der Waals surface area contributed by atoms with Crippen molar-refractivity contribution >= 4 is 12.0 Å². The van der Waals surface area contributed by atoms with E-state index in [9.17, 15) is 14.0 Å². The molecular formula is C23H39FN2O3. The fraction of sp³-hybridized carbons (Fsp3) is 0.913. The zero-order chi connectivity index (χ0) is 21.1. The third kappa shape index (κ3) is 6.58. The fourth-order valence-electron chi connectivity index (χ4n) is 6.04. The lowest BCUT2D eigenvalue weighted by molar-refractivity contribution is -0.161. The van der Waals surface area contributed by atoms with E-state index in [2.05, 4.69) is 10.6 Å². The van der Waals surface area contributed by atoms with Gasteiger partial charge in [-0.25, -0.2) is 14.0 Å². The lowest BCUT2D eigenvalue weighted by Gasteiger charge is -2.56. The smallest absolute Gasteiger partial charge is 0.341 e. The molecule has 0 radical (unpaired) electrons. The number of esters is 1. The number of carbonyl (C=O) groups excluding carboxylic acids is 2. The van der Waals surface area contributed by atoms with E-state index in [1.807, 2.05) is 0 Å². The molecule has 166 valence electrons. The highest BCUT2D eigenvalue weighted by Crippen LogP contribution is 2.55. The van der Waals surface area contributed by atoms with Crippen LogP contribution in [0.5, 0.6) is 0 Å². The van der Waals surface area contributed by atoms with E-state index in [4.69, 9.17) is 4.74 Å². The summed E-state index contributed by atoms with van der Waals surface area (Å²) in [6.45, 7) is 5.86. The first kappa shape index (κ1) is 22.4. The van der Waals surface area contributed by atoms with Crippen LogP contribution in [0.3, 0.4) is 0 Å². The molecule has 1 unspecified atom stereocenters. The largest absolute Gasteiger partial charge is 0.458 e. The summed E-state index contributed by atoms with van der Waals surface area (Å²) in [7, 11) is 0. The molecule has 0 aromatic rings. The van der Waals surface area contributed by atoms with Crippen molar-refractivity contribution in [1.82, 2.24) is 10.6 Å². The van der Waals surface area contributed by atoms with Crippen LogP contribution in [0.15, 0.2) is 0 Å². The quantitative estimate of drug-likeness (QED) is 0.420. The molecule has 4 aliphatic rings. The van der Waals surface area contributed by atoms with Crippen molar-refractivity contribution in [1.29, 1.82) is 0 Å². The Morgan fingerprint density at radius 3 is 2.10 bits per heavy atom. The van der Waals surface area contributed by atoms with Crippen molar-refractivity contribution in [2.45, 2.75) is 109 Å². The lowest BCUT2D eigenvalue weighted by Crippen LogP contribution is -2.61. The number of nitrogens with one attached hydrogen (secondary N) is 2. The number of alkyl halides is 1. The SMILES string of the molecule is CC(C)(C)OC(=O)C(F)CCCCCCNC(=O)NC12CC3CC(CC(C3)C1)C2. The van der Waals surface area contributed by atoms with Crippen LogP contribution >= 0.6 is 0 Å². The van der Waals surface area contributed by atoms with E-state index in [1.54, 1.807) is 20.8 Å². The summed E-state index contributed by atoms with van der Waals surface area (Å²) < 4.78 is 18.9. The molecule has 2 amide bonds. The van der Waals surface area contributed by atoms with E-state index in [0.29, 0.717) is 13.0 Å². The maximum atomic E-state index is 13.8. The van der Waals surface area contributed by atoms with Crippen LogP contribution in [-0.4, -0.2) is 35.9 Å². The molecule has 4 fully saturated rings. The van der Waals surface area contributed by atoms with Crippen LogP contribution < -0.4 is 10.6 Å². The first-order valence-corrected chi connectivity index (χ1v) is 11.6. The van der Waals surface area contributed by atoms with Crippen LogP contribution in [-0.2, 0) is 9.53 Å². The van der Waals surface area contributed by atoms with Crippen molar-refractivity contribution < 1.29 is 18.7 Å². The summed E-state index contributed by atoms with van der Waals surface area (Å²) in [6.07, 6.45) is 9.55. The third-order valence-corrected chi connectivity index (χ3v) is 6.75. The van der Waals surface area contributed by atoms with E-state index in [1.165, 1.54) is 19.3 Å². The van der Waals surface area contributed by atoms with Gasteiger partial charge in [0.25, 0.3) is 0 Å². The number of ether oxygens (including phenoxy) is 1. The summed E-state index contributed by atoms with van der Waals surface area (Å²) in [5, 5.41) is 6.32. The average molecular weight is 411 g/mol. The van der Waals surface area contributed by atoms with Crippen LogP contribution in [0.4, 0.5) is 9.18 Å². The second-order valence-corrected chi connectivity index (χ2v) is 10.8. The number of urea groups is 1. The molecule has 0 aromatic carbocycles. The number of amides is 2. The second kappa shape index (κ2) is 9.22. The standard InChI is InChI=1S/C23H39FN2O3/c1-22(2,3)29-20(27)19(24)8-6-4-5-7-9-25-21(28)26-23-13-16-10-17(14-23)12-18(11-16)15-23/h16-19H,4-15H2,1-3H3,(H2,25,26,28). The monoisotopic (exact) mass is 410 g/mol. The molecule has 4 saturated carbocycles. The number of hydrogen-bond donors (Lipinski definition) is 2. The Morgan fingerprint density at radius 2 is 1.55 bits per heavy atom. The Balaban J connectivity index is 1.23. The molecule has 0 saturated heterocycles. The Labute approximate surface area is 174 Å². The topological polar surface area (TPSA) is 67.4 Å². The molecule has 4 aliphatic carbocycles. The molecule has 0 heterocycles. The van der Waals surface area contributed by atoms with E-state index < -0.39 is 17.7 Å². The summed E-state index contributed by atoms with van der Waals surface area (Å²) in [5.74, 6) is 1.70. The maximum Gasteiger partial charge on any atom is 0.341 e. The molecular weight excluding hydrogens is 371 g/mol. The zero-order valence-electron chi connectivity index (χ0n) is 18.4. The van der Waals surface area contributed by atoms with Gasteiger partial charge >= 0.3 is 12.0 Å². The van der Waals surface area contributed by atoms with Crippen LogP contribution in [0, 0.1) is 17.8 Å². The molecule has 5 nitrogen and oxygen atoms in total. The molecule has 0 aliphatic heterocycles. The Kier molecular flexibility index (Phi) is 7.10. The van der Waals surface area contributed by atoms with Gasteiger partial charge in [-0.2, -0.15) is 0 Å². The van der Waals surface area contributed by atoms with Gasteiger partial charge in [-0.1, -0.05) is 12.8 Å². The molecule has 4 rings (SSSR count). The summed E-state index contributed by atoms with van der Waals surface area (Å²) in [5.41, 5.74) is -0.597. The minimum absolute atomic E-state index is 0.0271. The van der Waals surface area contributed by atoms with Gasteiger partial charge in [0.1, 0.15) is 5.60 Å². The number of rotatable bonds is 9. The van der Waals surface area contributed by atoms with Gasteiger partial charge in [-0.15, -0.1) is 0 Å². The van der Waals surface area contributed by atoms with E-state index in [-0.39, 0.29) is 18.0 Å². The number of halogens is 1. The van der Waals surface area contributed by atoms with Crippen molar-refractivity contribution in [3.63, 3.8) is 0 Å². The van der Waals surface area contributed by atoms with Gasteiger partial charge < -0.3 is 15.4 Å². The molecule has 29 heavy (non-hydrogen) atoms. The molecule has 0 spiro atoms. The van der Waals surface area contributed by atoms with Crippen molar-refractivity contribution in [2.24, 2.45) is 17.8 Å². The summed E-state index contributed by atoms with van der Waals surface area (Å²) in [6, 6.07) is -0.0271. The van der Waals surface area contributed by atoms with Crippen molar-refractivity contribution in [3.8, 4) is 0 Å². The average Bonchev–Trinajstić information content (AvgIpc) is 2.57. The molecule has 0 aromatic heterocycles. The molecule has 4 bridgehead atoms. The molecule has 6 heteroatoms. The number of hydrogen-bond acceptors (Lipinski definition) is 3. The Hall–Kier alpha value is -1.33. The minimum atomic E-state index is -1.54. The fourth-order valence-corrected chi connectivity index (χ4v) is 6.04. The number of carbonyl (C=O) groups is 2. The van der Waals surface area contributed by atoms with Gasteiger partial charge in [0, 0.05) is 12.1 Å². The first-order valence-electron chi connectivity index (χ1n) is 11.6. The van der Waals surface area contributed by atoms with Gasteiger partial charge in [-0.3, -0.25) is 0 Å². The van der Waals surface area contributed by atoms with Crippen LogP contribution in [0.1, 0.15) is 91.4 Å². The molecule has 1 atom stereocenters. The molecule has 2 N–H and O–H groups in total. The highest BCUT2D eigenvalue weighted by molar-refractivity contribution is 5.75. The minimum Gasteiger partial charge on any atom is -0.458 e. The second-order valence-electron chi connectivity index (χ2n) is 10.8.